The van der Waals surface area contributed by atoms with Crippen molar-refractivity contribution in [2.45, 2.75) is 13.3 Å². The molecule has 0 rings (SSSR count). The SMILES string of the molecule is CCNC(=O)CCNC/C=C/Cl. The zero-order valence-electron chi connectivity index (χ0n) is 7.27. The number of halogens is 1. The van der Waals surface area contributed by atoms with Crippen LogP contribution in [0.1, 0.15) is 13.3 Å². The van der Waals surface area contributed by atoms with E-state index in [0.29, 0.717) is 26.1 Å². The van der Waals surface area contributed by atoms with Crippen LogP contribution in [0.2, 0.25) is 0 Å². The Kier molecular flexibility index (Phi) is 8.17. The maximum atomic E-state index is 10.9. The Balaban J connectivity index is 3.13. The maximum Gasteiger partial charge on any atom is 0.221 e. The van der Waals surface area contributed by atoms with E-state index >= 15 is 0 Å². The van der Waals surface area contributed by atoms with Gasteiger partial charge in [-0.2, -0.15) is 0 Å². The molecule has 4 heteroatoms. The van der Waals surface area contributed by atoms with Gasteiger partial charge in [0.05, 0.1) is 0 Å². The van der Waals surface area contributed by atoms with Gasteiger partial charge < -0.3 is 10.6 Å². The minimum Gasteiger partial charge on any atom is -0.356 e. The van der Waals surface area contributed by atoms with Crippen molar-refractivity contribution in [2.24, 2.45) is 0 Å². The molecule has 0 radical (unpaired) electrons. The number of nitrogens with one attached hydrogen (secondary N) is 2. The zero-order chi connectivity index (χ0) is 9.23. The van der Waals surface area contributed by atoms with Crippen LogP contribution in [0.5, 0.6) is 0 Å². The van der Waals surface area contributed by atoms with Crippen molar-refractivity contribution in [3.8, 4) is 0 Å². The molecule has 0 heterocycles. The van der Waals surface area contributed by atoms with Gasteiger partial charge in [-0.25, -0.2) is 0 Å². The summed E-state index contributed by atoms with van der Waals surface area (Å²) in [5.41, 5.74) is 1.46. The standard InChI is InChI=1S/C8H15ClN2O/c1-2-11-8(12)4-7-10-6-3-5-9/h3,5,10H,2,4,6-7H2,1H3,(H,11,12)/b5-3+. The lowest BCUT2D eigenvalue weighted by atomic mass is 10.4. The van der Waals surface area contributed by atoms with Crippen molar-refractivity contribution in [3.05, 3.63) is 11.6 Å². The normalized spacial score (nSPS) is 10.5. The van der Waals surface area contributed by atoms with Gasteiger partial charge in [0, 0.05) is 31.6 Å². The average Bonchev–Trinajstić information content (AvgIpc) is 2.05. The molecule has 0 unspecified atom stereocenters. The summed E-state index contributed by atoms with van der Waals surface area (Å²) in [5.74, 6) is 0.0832. The Morgan fingerprint density at radius 2 is 2.33 bits per heavy atom. The quantitative estimate of drug-likeness (QED) is 0.610. The Hall–Kier alpha value is -0.540. The molecule has 0 saturated carbocycles. The number of carbonyl (C=O) groups excluding carboxylic acids is 1. The van der Waals surface area contributed by atoms with E-state index in [1.807, 2.05) is 6.92 Å². The second-order valence-corrected chi connectivity index (χ2v) is 2.52. The molecular weight excluding hydrogens is 176 g/mol. The van der Waals surface area contributed by atoms with Crippen molar-refractivity contribution in [2.75, 3.05) is 19.6 Å². The van der Waals surface area contributed by atoms with Crippen LogP contribution in [0.4, 0.5) is 0 Å². The van der Waals surface area contributed by atoms with Crippen LogP contribution in [0.25, 0.3) is 0 Å². The first-order valence-corrected chi connectivity index (χ1v) is 4.47. The van der Waals surface area contributed by atoms with E-state index < -0.39 is 0 Å². The smallest absolute Gasteiger partial charge is 0.221 e. The summed E-state index contributed by atoms with van der Waals surface area (Å²) in [5, 5.41) is 5.76. The molecule has 0 aromatic heterocycles. The highest BCUT2D eigenvalue weighted by Gasteiger charge is 1.96. The monoisotopic (exact) mass is 190 g/mol. The molecule has 70 valence electrons. The third kappa shape index (κ3) is 7.57. The van der Waals surface area contributed by atoms with E-state index in [9.17, 15) is 4.79 Å². The van der Waals surface area contributed by atoms with Crippen molar-refractivity contribution < 1.29 is 4.79 Å². The van der Waals surface area contributed by atoms with Crippen LogP contribution >= 0.6 is 11.6 Å². The molecule has 0 aliphatic carbocycles. The lowest BCUT2D eigenvalue weighted by Crippen LogP contribution is -2.27. The molecule has 3 nitrogen and oxygen atoms in total. The van der Waals surface area contributed by atoms with Crippen LogP contribution in [0, 0.1) is 0 Å². The number of hydrogen-bond donors (Lipinski definition) is 2. The average molecular weight is 191 g/mol. The summed E-state index contributed by atoms with van der Waals surface area (Å²) in [4.78, 5) is 10.9. The number of amides is 1. The van der Waals surface area contributed by atoms with Crippen LogP contribution in [-0.4, -0.2) is 25.5 Å². The van der Waals surface area contributed by atoms with Gasteiger partial charge in [-0.1, -0.05) is 17.7 Å². The molecule has 0 saturated heterocycles. The Morgan fingerprint density at radius 3 is 2.92 bits per heavy atom. The molecule has 0 spiro atoms. The third-order valence-electron chi connectivity index (χ3n) is 1.25. The highest BCUT2D eigenvalue weighted by Crippen LogP contribution is 1.78. The molecule has 0 aliphatic heterocycles. The second-order valence-electron chi connectivity index (χ2n) is 2.27. The lowest BCUT2D eigenvalue weighted by Gasteiger charge is -2.01. The summed E-state index contributed by atoms with van der Waals surface area (Å²) in [6.07, 6.45) is 2.31. The molecule has 12 heavy (non-hydrogen) atoms. The van der Waals surface area contributed by atoms with E-state index in [-0.39, 0.29) is 5.91 Å². The van der Waals surface area contributed by atoms with Crippen LogP contribution in [-0.2, 0) is 4.79 Å². The first-order chi connectivity index (χ1) is 5.81. The predicted octanol–water partition coefficient (Wildman–Crippen LogP) is 0.855. The van der Waals surface area contributed by atoms with Gasteiger partial charge in [-0.3, -0.25) is 4.79 Å². The van der Waals surface area contributed by atoms with E-state index in [0.717, 1.165) is 0 Å². The highest BCUT2D eigenvalue weighted by molar-refractivity contribution is 6.25. The molecule has 0 atom stereocenters. The number of carbonyl (C=O) groups is 1. The minimum atomic E-state index is 0.0832. The lowest BCUT2D eigenvalue weighted by molar-refractivity contribution is -0.120. The molecule has 0 aromatic carbocycles. The first kappa shape index (κ1) is 11.5. The fourth-order valence-electron chi connectivity index (χ4n) is 0.717. The summed E-state index contributed by atoms with van der Waals surface area (Å²) in [6, 6.07) is 0. The third-order valence-corrected chi connectivity index (χ3v) is 1.43. The molecule has 1 amide bonds. The molecule has 0 aromatic rings. The van der Waals surface area contributed by atoms with Gasteiger partial charge in [0.25, 0.3) is 0 Å². The van der Waals surface area contributed by atoms with Gasteiger partial charge in [0.1, 0.15) is 0 Å². The van der Waals surface area contributed by atoms with Gasteiger partial charge in [-0.05, 0) is 6.92 Å². The van der Waals surface area contributed by atoms with Crippen molar-refractivity contribution in [1.82, 2.24) is 10.6 Å². The van der Waals surface area contributed by atoms with Gasteiger partial charge in [0.15, 0.2) is 0 Å². The van der Waals surface area contributed by atoms with Crippen molar-refractivity contribution in [3.63, 3.8) is 0 Å². The van der Waals surface area contributed by atoms with E-state index in [1.54, 1.807) is 6.08 Å². The van der Waals surface area contributed by atoms with Gasteiger partial charge in [0.2, 0.25) is 5.91 Å². The molecule has 0 bridgehead atoms. The zero-order valence-corrected chi connectivity index (χ0v) is 8.03. The van der Waals surface area contributed by atoms with Crippen LogP contribution < -0.4 is 10.6 Å². The summed E-state index contributed by atoms with van der Waals surface area (Å²) >= 11 is 5.29. The summed E-state index contributed by atoms with van der Waals surface area (Å²) in [6.45, 7) is 4.00. The summed E-state index contributed by atoms with van der Waals surface area (Å²) in [7, 11) is 0. The summed E-state index contributed by atoms with van der Waals surface area (Å²) < 4.78 is 0. The fraction of sp³-hybridized carbons (Fsp3) is 0.625. The van der Waals surface area contributed by atoms with Crippen LogP contribution in [0.15, 0.2) is 11.6 Å². The molecule has 0 aliphatic rings. The largest absolute Gasteiger partial charge is 0.356 e. The Bertz CT molecular complexity index is 148. The molecule has 2 N–H and O–H groups in total. The van der Waals surface area contributed by atoms with Gasteiger partial charge >= 0.3 is 0 Å². The van der Waals surface area contributed by atoms with Crippen molar-refractivity contribution in [1.29, 1.82) is 0 Å². The van der Waals surface area contributed by atoms with E-state index in [1.165, 1.54) is 5.54 Å². The Labute approximate surface area is 78.2 Å². The molecular formula is C8H15ClN2O. The number of rotatable bonds is 6. The van der Waals surface area contributed by atoms with E-state index in [2.05, 4.69) is 10.6 Å². The highest BCUT2D eigenvalue weighted by atomic mass is 35.5. The fourth-order valence-corrected chi connectivity index (χ4v) is 0.807. The first-order valence-electron chi connectivity index (χ1n) is 4.04. The molecule has 0 fully saturated rings. The number of hydrogen-bond acceptors (Lipinski definition) is 2. The van der Waals surface area contributed by atoms with Crippen molar-refractivity contribution >= 4 is 17.5 Å². The van der Waals surface area contributed by atoms with Gasteiger partial charge in [-0.15, -0.1) is 0 Å². The second kappa shape index (κ2) is 8.56. The topological polar surface area (TPSA) is 41.1 Å². The Morgan fingerprint density at radius 1 is 1.58 bits per heavy atom. The van der Waals surface area contributed by atoms with E-state index in [4.69, 9.17) is 11.6 Å². The maximum absolute atomic E-state index is 10.9. The minimum absolute atomic E-state index is 0.0832. The predicted molar refractivity (Wildman–Crippen MR) is 51.2 cm³/mol. The van der Waals surface area contributed by atoms with Crippen LogP contribution in [0.3, 0.4) is 0 Å².